The molecule has 0 fully saturated rings. The quantitative estimate of drug-likeness (QED) is 0.402. The number of nitrogens with two attached hydrogens (primary N) is 3. The van der Waals surface area contributed by atoms with E-state index in [1.54, 1.807) is 0 Å². The zero-order valence-electron chi connectivity index (χ0n) is 12.1. The van der Waals surface area contributed by atoms with Crippen molar-refractivity contribution in [3.05, 3.63) is 0 Å². The third-order valence-electron chi connectivity index (χ3n) is 2.31. The van der Waals surface area contributed by atoms with Crippen molar-refractivity contribution in [3.63, 3.8) is 0 Å². The smallest absolute Gasteiger partial charge is 0.374 e. The van der Waals surface area contributed by atoms with Gasteiger partial charge in [0.15, 0.2) is 0 Å². The summed E-state index contributed by atoms with van der Waals surface area (Å²) < 4.78 is 17.5. The summed E-state index contributed by atoms with van der Waals surface area (Å²) in [5.41, 5.74) is 16.8. The standard InChI is InChI=1S/C11H29N3O3Si/c1-5-8-18(15-6-2,16-7-3)17-10(4)9-11(12,13)14/h10H,5-9,12-14H2,1-4H3. The molecule has 0 rings (SSSR count). The summed E-state index contributed by atoms with van der Waals surface area (Å²) >= 11 is 0. The van der Waals surface area contributed by atoms with Gasteiger partial charge in [0.25, 0.3) is 0 Å². The molecule has 0 aromatic carbocycles. The molecule has 0 heterocycles. The molecule has 0 aliphatic heterocycles. The summed E-state index contributed by atoms with van der Waals surface area (Å²) in [5, 5.41) is 0. The molecule has 18 heavy (non-hydrogen) atoms. The Balaban J connectivity index is 4.63. The molecule has 7 heteroatoms. The van der Waals surface area contributed by atoms with E-state index in [2.05, 4.69) is 6.92 Å². The first kappa shape index (κ1) is 18.0. The first-order valence-corrected chi connectivity index (χ1v) is 8.54. The van der Waals surface area contributed by atoms with Crippen LogP contribution in [0.25, 0.3) is 0 Å². The molecule has 0 saturated carbocycles. The van der Waals surface area contributed by atoms with E-state index in [4.69, 9.17) is 30.5 Å². The first-order chi connectivity index (χ1) is 8.28. The molecule has 110 valence electrons. The third-order valence-corrected chi connectivity index (χ3v) is 5.64. The number of hydrogen-bond donors (Lipinski definition) is 3. The van der Waals surface area contributed by atoms with Crippen LogP contribution in [0.3, 0.4) is 0 Å². The second kappa shape index (κ2) is 8.21. The number of hydrogen-bond acceptors (Lipinski definition) is 6. The van der Waals surface area contributed by atoms with Crippen LogP contribution in [0.15, 0.2) is 0 Å². The van der Waals surface area contributed by atoms with Gasteiger partial charge in [-0.05, 0) is 20.8 Å². The summed E-state index contributed by atoms with van der Waals surface area (Å²) in [5.74, 6) is -1.23. The van der Waals surface area contributed by atoms with Crippen LogP contribution in [0, 0.1) is 0 Å². The lowest BCUT2D eigenvalue weighted by Crippen LogP contribution is -2.60. The van der Waals surface area contributed by atoms with Crippen LogP contribution in [-0.2, 0) is 13.3 Å². The lowest BCUT2D eigenvalue weighted by Gasteiger charge is -2.33. The Morgan fingerprint density at radius 2 is 1.56 bits per heavy atom. The second-order valence-corrected chi connectivity index (χ2v) is 7.22. The van der Waals surface area contributed by atoms with Crippen LogP contribution in [0.2, 0.25) is 6.04 Å². The van der Waals surface area contributed by atoms with E-state index in [9.17, 15) is 0 Å². The average Bonchev–Trinajstić information content (AvgIpc) is 2.15. The fraction of sp³-hybridized carbons (Fsp3) is 1.00. The third kappa shape index (κ3) is 7.42. The summed E-state index contributed by atoms with van der Waals surface area (Å²) in [6.45, 7) is 8.96. The Labute approximate surface area is 111 Å². The van der Waals surface area contributed by atoms with E-state index in [-0.39, 0.29) is 6.10 Å². The molecule has 6 N–H and O–H groups in total. The van der Waals surface area contributed by atoms with Gasteiger partial charge < -0.3 is 30.5 Å². The highest BCUT2D eigenvalue weighted by Gasteiger charge is 2.41. The minimum absolute atomic E-state index is 0.193. The zero-order valence-corrected chi connectivity index (χ0v) is 13.1. The molecule has 1 unspecified atom stereocenters. The van der Waals surface area contributed by atoms with E-state index < -0.39 is 14.6 Å². The van der Waals surface area contributed by atoms with Crippen LogP contribution in [0.4, 0.5) is 0 Å². The second-order valence-electron chi connectivity index (χ2n) is 4.54. The van der Waals surface area contributed by atoms with E-state index in [0.717, 1.165) is 12.5 Å². The van der Waals surface area contributed by atoms with Crippen molar-refractivity contribution in [2.45, 2.75) is 58.5 Å². The maximum atomic E-state index is 5.99. The largest absolute Gasteiger partial charge is 0.501 e. The van der Waals surface area contributed by atoms with Crippen LogP contribution in [0.1, 0.15) is 40.5 Å². The molecule has 0 saturated heterocycles. The predicted molar refractivity (Wildman–Crippen MR) is 74.6 cm³/mol. The number of rotatable bonds is 10. The molecule has 0 aliphatic carbocycles. The average molecular weight is 279 g/mol. The van der Waals surface area contributed by atoms with Gasteiger partial charge in [0.2, 0.25) is 0 Å². The Bertz CT molecular complexity index is 207. The lowest BCUT2D eigenvalue weighted by atomic mass is 10.2. The summed E-state index contributed by atoms with van der Waals surface area (Å²) in [4.78, 5) is 0. The van der Waals surface area contributed by atoms with Gasteiger partial charge in [-0.3, -0.25) is 0 Å². The van der Waals surface area contributed by atoms with Gasteiger partial charge in [-0.25, -0.2) is 0 Å². The van der Waals surface area contributed by atoms with Crippen LogP contribution >= 0.6 is 0 Å². The van der Waals surface area contributed by atoms with Crippen molar-refractivity contribution in [2.75, 3.05) is 13.2 Å². The summed E-state index contributed by atoms with van der Waals surface area (Å²) in [6, 6.07) is 0.783. The maximum Gasteiger partial charge on any atom is 0.501 e. The molecule has 0 radical (unpaired) electrons. The Morgan fingerprint density at radius 3 is 1.89 bits per heavy atom. The van der Waals surface area contributed by atoms with E-state index in [1.165, 1.54) is 0 Å². The Kier molecular flexibility index (Phi) is 8.20. The van der Waals surface area contributed by atoms with Crippen molar-refractivity contribution in [1.82, 2.24) is 0 Å². The lowest BCUT2D eigenvalue weighted by molar-refractivity contribution is 0.0283. The Hall–Kier alpha value is -0.0231. The van der Waals surface area contributed by atoms with Gasteiger partial charge >= 0.3 is 8.80 Å². The highest BCUT2D eigenvalue weighted by Crippen LogP contribution is 2.21. The van der Waals surface area contributed by atoms with Gasteiger partial charge in [0, 0.05) is 25.7 Å². The molecule has 0 aliphatic rings. The fourth-order valence-electron chi connectivity index (χ4n) is 1.91. The molecule has 1 atom stereocenters. The minimum Gasteiger partial charge on any atom is -0.374 e. The molecule has 6 nitrogen and oxygen atoms in total. The molecular formula is C11H29N3O3Si. The van der Waals surface area contributed by atoms with Crippen molar-refractivity contribution in [3.8, 4) is 0 Å². The fourth-order valence-corrected chi connectivity index (χ4v) is 4.72. The first-order valence-electron chi connectivity index (χ1n) is 6.61. The van der Waals surface area contributed by atoms with Gasteiger partial charge in [0.1, 0.15) is 5.79 Å². The molecule has 0 bridgehead atoms. The minimum atomic E-state index is -2.63. The monoisotopic (exact) mass is 279 g/mol. The summed E-state index contributed by atoms with van der Waals surface area (Å²) in [6.07, 6.45) is 1.10. The van der Waals surface area contributed by atoms with Gasteiger partial charge in [0.05, 0.1) is 6.10 Å². The molecular weight excluding hydrogens is 250 g/mol. The van der Waals surface area contributed by atoms with E-state index in [0.29, 0.717) is 19.6 Å². The van der Waals surface area contributed by atoms with Gasteiger partial charge in [-0.15, -0.1) is 0 Å². The van der Waals surface area contributed by atoms with E-state index >= 15 is 0 Å². The predicted octanol–water partition coefficient (Wildman–Crippen LogP) is 0.733. The van der Waals surface area contributed by atoms with Crippen molar-refractivity contribution < 1.29 is 13.3 Å². The van der Waals surface area contributed by atoms with Crippen molar-refractivity contribution >= 4 is 8.80 Å². The molecule has 0 aromatic heterocycles. The maximum absolute atomic E-state index is 5.99. The molecule has 0 spiro atoms. The topological polar surface area (TPSA) is 106 Å². The van der Waals surface area contributed by atoms with E-state index in [1.807, 2.05) is 20.8 Å². The Morgan fingerprint density at radius 1 is 1.06 bits per heavy atom. The van der Waals surface area contributed by atoms with Gasteiger partial charge in [-0.1, -0.05) is 13.3 Å². The van der Waals surface area contributed by atoms with Crippen molar-refractivity contribution in [2.24, 2.45) is 17.2 Å². The highest BCUT2D eigenvalue weighted by atomic mass is 28.4. The highest BCUT2D eigenvalue weighted by molar-refractivity contribution is 6.60. The van der Waals surface area contributed by atoms with Crippen molar-refractivity contribution in [1.29, 1.82) is 0 Å². The summed E-state index contributed by atoms with van der Waals surface area (Å²) in [7, 11) is -2.63. The zero-order chi connectivity index (χ0) is 14.2. The SMILES string of the molecule is CCC[Si](OCC)(OCC)OC(C)CC(N)(N)N. The molecule has 0 aromatic rings. The van der Waals surface area contributed by atoms with Crippen LogP contribution in [-0.4, -0.2) is 33.9 Å². The normalized spacial score (nSPS) is 14.8. The molecule has 0 amide bonds. The van der Waals surface area contributed by atoms with Gasteiger partial charge in [-0.2, -0.15) is 0 Å². The van der Waals surface area contributed by atoms with Crippen LogP contribution in [0.5, 0.6) is 0 Å². The van der Waals surface area contributed by atoms with Crippen LogP contribution < -0.4 is 17.2 Å².